The minimum atomic E-state index is -0.0738. The maximum Gasteiger partial charge on any atom is 0.261 e. The van der Waals surface area contributed by atoms with E-state index < -0.39 is 0 Å². The van der Waals surface area contributed by atoms with Crippen LogP contribution in [0.15, 0.2) is 48.5 Å². The first-order valence-corrected chi connectivity index (χ1v) is 9.22. The van der Waals surface area contributed by atoms with Gasteiger partial charge in [0.2, 0.25) is 5.91 Å². The lowest BCUT2D eigenvalue weighted by atomic mass is 10.1. The average Bonchev–Trinajstić information content (AvgIpc) is 2.70. The summed E-state index contributed by atoms with van der Waals surface area (Å²) in [6, 6.07) is 15.1. The van der Waals surface area contributed by atoms with Gasteiger partial charge in [-0.2, -0.15) is 0 Å². The normalized spacial score (nSPS) is 17.7. The van der Waals surface area contributed by atoms with Gasteiger partial charge in [0.15, 0.2) is 0 Å². The van der Waals surface area contributed by atoms with Crippen LogP contribution in [0.3, 0.4) is 0 Å². The first-order chi connectivity index (χ1) is 13.1. The number of carbonyl (C=O) groups excluding carboxylic acids is 2. The predicted molar refractivity (Wildman–Crippen MR) is 104 cm³/mol. The van der Waals surface area contributed by atoms with Gasteiger partial charge < -0.3 is 4.74 Å². The number of aryl methyl sites for hydroxylation is 1. The van der Waals surface area contributed by atoms with Crippen molar-refractivity contribution in [1.82, 2.24) is 4.90 Å². The summed E-state index contributed by atoms with van der Waals surface area (Å²) in [5.74, 6) is -0.0780. The standard InChI is InChI=1S/C21H23N3O3/c1-16-6-2-4-8-18(16)24-15-23(19-9-5-3-7-17(19)21(24)26)20(25)14-22-10-12-27-13-11-22/h2-9H,10-15H2,1H3. The number of nitrogens with zero attached hydrogens (tertiary/aromatic N) is 3. The molecule has 27 heavy (non-hydrogen) atoms. The molecule has 0 aliphatic carbocycles. The van der Waals surface area contributed by atoms with E-state index in [1.165, 1.54) is 0 Å². The number of amides is 2. The Kier molecular flexibility index (Phi) is 4.92. The van der Waals surface area contributed by atoms with Crippen LogP contribution in [-0.2, 0) is 9.53 Å². The zero-order valence-electron chi connectivity index (χ0n) is 15.4. The van der Waals surface area contributed by atoms with Crippen LogP contribution >= 0.6 is 0 Å². The number of anilines is 2. The highest BCUT2D eigenvalue weighted by Gasteiger charge is 2.34. The summed E-state index contributed by atoms with van der Waals surface area (Å²) in [6.07, 6.45) is 0. The van der Waals surface area contributed by atoms with E-state index in [0.717, 1.165) is 24.3 Å². The minimum Gasteiger partial charge on any atom is -0.379 e. The Balaban J connectivity index is 1.66. The van der Waals surface area contributed by atoms with E-state index in [4.69, 9.17) is 4.74 Å². The van der Waals surface area contributed by atoms with Gasteiger partial charge in [-0.1, -0.05) is 30.3 Å². The van der Waals surface area contributed by atoms with Crippen LogP contribution in [-0.4, -0.2) is 56.2 Å². The van der Waals surface area contributed by atoms with Crippen molar-refractivity contribution >= 4 is 23.2 Å². The van der Waals surface area contributed by atoms with Gasteiger partial charge >= 0.3 is 0 Å². The Morgan fingerprint density at radius 1 is 1.00 bits per heavy atom. The van der Waals surface area contributed by atoms with Crippen LogP contribution in [0.2, 0.25) is 0 Å². The fourth-order valence-corrected chi connectivity index (χ4v) is 3.62. The Bertz CT molecular complexity index is 861. The fraction of sp³-hybridized carbons (Fsp3) is 0.333. The number of para-hydroxylation sites is 2. The maximum atomic E-state index is 13.1. The van der Waals surface area contributed by atoms with Crippen LogP contribution in [0, 0.1) is 6.92 Å². The largest absolute Gasteiger partial charge is 0.379 e. The Morgan fingerprint density at radius 3 is 2.41 bits per heavy atom. The zero-order valence-corrected chi connectivity index (χ0v) is 15.4. The number of ether oxygens (including phenoxy) is 1. The quantitative estimate of drug-likeness (QED) is 0.837. The molecule has 0 saturated carbocycles. The van der Waals surface area contributed by atoms with Crippen LogP contribution in [0.25, 0.3) is 0 Å². The molecule has 0 bridgehead atoms. The van der Waals surface area contributed by atoms with E-state index in [9.17, 15) is 9.59 Å². The van der Waals surface area contributed by atoms with Gasteiger partial charge in [0.05, 0.1) is 31.0 Å². The first kappa shape index (κ1) is 17.7. The zero-order chi connectivity index (χ0) is 18.8. The van der Waals surface area contributed by atoms with Crippen molar-refractivity contribution in [3.8, 4) is 0 Å². The molecule has 6 nitrogen and oxygen atoms in total. The first-order valence-electron chi connectivity index (χ1n) is 9.22. The minimum absolute atomic E-state index is 0.00423. The van der Waals surface area contributed by atoms with E-state index >= 15 is 0 Å². The van der Waals surface area contributed by atoms with Crippen molar-refractivity contribution in [3.63, 3.8) is 0 Å². The summed E-state index contributed by atoms with van der Waals surface area (Å²) in [6.45, 7) is 5.33. The van der Waals surface area contributed by atoms with Crippen molar-refractivity contribution < 1.29 is 14.3 Å². The molecule has 2 aromatic rings. The van der Waals surface area contributed by atoms with E-state index in [1.54, 1.807) is 15.9 Å². The highest BCUT2D eigenvalue weighted by molar-refractivity contribution is 6.15. The monoisotopic (exact) mass is 365 g/mol. The molecule has 2 aliphatic rings. The number of carbonyl (C=O) groups is 2. The molecule has 2 amide bonds. The number of hydrogen-bond donors (Lipinski definition) is 0. The second kappa shape index (κ2) is 7.50. The van der Waals surface area contributed by atoms with Crippen molar-refractivity contribution in [3.05, 3.63) is 59.7 Å². The molecule has 0 aromatic heterocycles. The third kappa shape index (κ3) is 3.46. The molecule has 4 rings (SSSR count). The molecule has 0 atom stereocenters. The lowest BCUT2D eigenvalue weighted by molar-refractivity contribution is -0.120. The van der Waals surface area contributed by atoms with Crippen LogP contribution in [0.4, 0.5) is 11.4 Å². The smallest absolute Gasteiger partial charge is 0.261 e. The number of morpholine rings is 1. The average molecular weight is 365 g/mol. The summed E-state index contributed by atoms with van der Waals surface area (Å²) >= 11 is 0. The van der Waals surface area contributed by atoms with Gasteiger partial charge in [-0.3, -0.25) is 24.3 Å². The number of fused-ring (bicyclic) bond motifs is 1. The molecular weight excluding hydrogens is 342 g/mol. The molecular formula is C21H23N3O3. The molecule has 0 radical (unpaired) electrons. The summed E-state index contributed by atoms with van der Waals surface area (Å²) in [5.41, 5.74) is 3.08. The molecule has 0 unspecified atom stereocenters. The topological polar surface area (TPSA) is 53.1 Å². The summed E-state index contributed by atoms with van der Waals surface area (Å²) in [4.78, 5) is 31.7. The van der Waals surface area contributed by atoms with Crippen molar-refractivity contribution in [2.75, 3.05) is 49.3 Å². The molecule has 0 spiro atoms. The number of rotatable bonds is 3. The third-order valence-corrected chi connectivity index (χ3v) is 5.12. The molecule has 1 fully saturated rings. The fourth-order valence-electron chi connectivity index (χ4n) is 3.62. The summed E-state index contributed by atoms with van der Waals surface area (Å²) < 4.78 is 5.37. The number of hydrogen-bond acceptors (Lipinski definition) is 4. The Labute approximate surface area is 158 Å². The van der Waals surface area contributed by atoms with Gasteiger partial charge in [-0.25, -0.2) is 0 Å². The Hall–Kier alpha value is -2.70. The third-order valence-electron chi connectivity index (χ3n) is 5.12. The van der Waals surface area contributed by atoms with Crippen LogP contribution < -0.4 is 9.80 Å². The van der Waals surface area contributed by atoms with Crippen molar-refractivity contribution in [2.24, 2.45) is 0 Å². The van der Waals surface area contributed by atoms with Crippen LogP contribution in [0.1, 0.15) is 15.9 Å². The SMILES string of the molecule is Cc1ccccc1N1CN(C(=O)CN2CCOCC2)c2ccccc2C1=O. The highest BCUT2D eigenvalue weighted by Crippen LogP contribution is 2.31. The maximum absolute atomic E-state index is 13.1. The van der Waals surface area contributed by atoms with E-state index in [0.29, 0.717) is 31.0 Å². The van der Waals surface area contributed by atoms with E-state index in [2.05, 4.69) is 4.90 Å². The lowest BCUT2D eigenvalue weighted by Crippen LogP contribution is -2.53. The predicted octanol–water partition coefficient (Wildman–Crippen LogP) is 2.28. The lowest BCUT2D eigenvalue weighted by Gasteiger charge is -2.38. The molecule has 140 valence electrons. The molecule has 2 heterocycles. The second-order valence-corrected chi connectivity index (χ2v) is 6.89. The van der Waals surface area contributed by atoms with Gasteiger partial charge in [0.1, 0.15) is 6.67 Å². The molecule has 2 aromatic carbocycles. The van der Waals surface area contributed by atoms with E-state index in [-0.39, 0.29) is 18.5 Å². The molecule has 6 heteroatoms. The number of benzene rings is 2. The van der Waals surface area contributed by atoms with Gasteiger partial charge in [0.25, 0.3) is 5.91 Å². The molecule has 0 N–H and O–H groups in total. The van der Waals surface area contributed by atoms with E-state index in [1.807, 2.05) is 49.4 Å². The van der Waals surface area contributed by atoms with Gasteiger partial charge in [-0.15, -0.1) is 0 Å². The van der Waals surface area contributed by atoms with Crippen LogP contribution in [0.5, 0.6) is 0 Å². The molecule has 1 saturated heterocycles. The summed E-state index contributed by atoms with van der Waals surface area (Å²) in [7, 11) is 0. The van der Waals surface area contributed by atoms with Gasteiger partial charge in [0, 0.05) is 18.8 Å². The van der Waals surface area contributed by atoms with Crippen molar-refractivity contribution in [1.29, 1.82) is 0 Å². The highest BCUT2D eigenvalue weighted by atomic mass is 16.5. The Morgan fingerprint density at radius 2 is 1.67 bits per heavy atom. The van der Waals surface area contributed by atoms with Gasteiger partial charge in [-0.05, 0) is 30.7 Å². The molecule has 2 aliphatic heterocycles. The van der Waals surface area contributed by atoms with Crippen molar-refractivity contribution in [2.45, 2.75) is 6.92 Å². The summed E-state index contributed by atoms with van der Waals surface area (Å²) in [5, 5.41) is 0. The second-order valence-electron chi connectivity index (χ2n) is 6.89.